The lowest BCUT2D eigenvalue weighted by Crippen LogP contribution is -2.45. The largest absolute Gasteiger partial charge is 0.497 e. The van der Waals surface area contributed by atoms with Crippen LogP contribution in [0.4, 0.5) is 0 Å². The van der Waals surface area contributed by atoms with Crippen molar-refractivity contribution in [2.45, 2.75) is 33.9 Å². The van der Waals surface area contributed by atoms with Crippen LogP contribution in [-0.4, -0.2) is 61.0 Å². The average molecular weight is 710 g/mol. The topological polar surface area (TPSA) is 73.4 Å². The van der Waals surface area contributed by atoms with E-state index in [9.17, 15) is 4.79 Å². The summed E-state index contributed by atoms with van der Waals surface area (Å²) in [7, 11) is 1.65. The molecular formula is C45H47N3O5. The SMILES string of the molecule is COc1ccc(COc2ccc(Oc3c(C)cc(/C(=C\C=O)N4CCN(Cc5ccc(/C=C/COc6ccc(C)cc6)cc5)CC4)cc3C)nc2)cc1. The zero-order valence-electron chi connectivity index (χ0n) is 31.0. The molecular weight excluding hydrogens is 663 g/mol. The Bertz CT molecular complexity index is 1970. The standard InChI is InChI=1S/C45H47N3O5/c1-33-7-15-41(16-8-33)51-27-5-6-36-9-11-37(12-10-36)31-47-22-24-48(25-23-47)43(21-26-49)39-28-34(2)45(35(3)29-39)53-44-20-19-42(30-46-44)52-32-38-13-17-40(50-4)18-14-38/h5-21,26,28-30H,22-25,27,31-32H2,1-4H3/b6-5+,43-21+. The van der Waals surface area contributed by atoms with Crippen LogP contribution in [0.1, 0.15) is 38.9 Å². The molecule has 1 saturated heterocycles. The van der Waals surface area contributed by atoms with E-state index < -0.39 is 0 Å². The Labute approximate surface area is 312 Å². The number of aldehydes is 1. The van der Waals surface area contributed by atoms with Gasteiger partial charge in [0, 0.05) is 50.6 Å². The van der Waals surface area contributed by atoms with Crippen LogP contribution in [-0.2, 0) is 17.9 Å². The molecule has 0 atom stereocenters. The van der Waals surface area contributed by atoms with Gasteiger partial charge in [-0.15, -0.1) is 0 Å². The number of pyridine rings is 1. The lowest BCUT2D eigenvalue weighted by molar-refractivity contribution is -0.104. The zero-order chi connectivity index (χ0) is 37.0. The highest BCUT2D eigenvalue weighted by Crippen LogP contribution is 2.33. The lowest BCUT2D eigenvalue weighted by atomic mass is 10.0. The molecule has 1 aliphatic rings. The van der Waals surface area contributed by atoms with Crippen molar-refractivity contribution in [2.24, 2.45) is 0 Å². The van der Waals surface area contributed by atoms with E-state index in [4.69, 9.17) is 18.9 Å². The van der Waals surface area contributed by atoms with Gasteiger partial charge in [-0.25, -0.2) is 4.98 Å². The van der Waals surface area contributed by atoms with Gasteiger partial charge < -0.3 is 23.8 Å². The number of benzene rings is 4. The molecule has 1 aliphatic heterocycles. The van der Waals surface area contributed by atoms with E-state index in [1.54, 1.807) is 19.4 Å². The summed E-state index contributed by atoms with van der Waals surface area (Å²) in [4.78, 5) is 21.1. The summed E-state index contributed by atoms with van der Waals surface area (Å²) < 4.78 is 23.2. The number of hydrogen-bond acceptors (Lipinski definition) is 8. The maximum atomic E-state index is 11.8. The second-order valence-corrected chi connectivity index (χ2v) is 13.2. The summed E-state index contributed by atoms with van der Waals surface area (Å²) in [6, 6.07) is 32.4. The Kier molecular flexibility index (Phi) is 12.6. The monoisotopic (exact) mass is 709 g/mol. The molecule has 8 nitrogen and oxygen atoms in total. The van der Waals surface area contributed by atoms with E-state index in [0.29, 0.717) is 24.8 Å². The molecule has 0 amide bonds. The number of allylic oxidation sites excluding steroid dienone is 1. The molecule has 0 radical (unpaired) electrons. The number of ether oxygens (including phenoxy) is 4. The number of hydrogen-bond donors (Lipinski definition) is 0. The maximum Gasteiger partial charge on any atom is 0.219 e. The van der Waals surface area contributed by atoms with Crippen LogP contribution in [0.2, 0.25) is 0 Å². The minimum atomic E-state index is 0.427. The van der Waals surface area contributed by atoms with Crippen LogP contribution < -0.4 is 18.9 Å². The van der Waals surface area contributed by atoms with Crippen LogP contribution >= 0.6 is 0 Å². The summed E-state index contributed by atoms with van der Waals surface area (Å²) in [6.45, 7) is 11.4. The van der Waals surface area contributed by atoms with Gasteiger partial charge in [0.15, 0.2) is 0 Å². The van der Waals surface area contributed by atoms with E-state index in [0.717, 1.165) is 89.8 Å². The number of piperazine rings is 1. The lowest BCUT2D eigenvalue weighted by Gasteiger charge is -2.37. The molecule has 5 aromatic rings. The average Bonchev–Trinajstić information content (AvgIpc) is 3.18. The van der Waals surface area contributed by atoms with Gasteiger partial charge in [0.05, 0.1) is 13.3 Å². The maximum absolute atomic E-state index is 11.8. The number of carbonyl (C=O) groups excluding carboxylic acids is 1. The van der Waals surface area contributed by atoms with E-state index in [2.05, 4.69) is 76.3 Å². The van der Waals surface area contributed by atoms with Gasteiger partial charge in [-0.05, 0) is 103 Å². The Morgan fingerprint density at radius 3 is 2.06 bits per heavy atom. The van der Waals surface area contributed by atoms with Gasteiger partial charge in [-0.1, -0.05) is 60.2 Å². The van der Waals surface area contributed by atoms with Crippen LogP contribution in [0.5, 0.6) is 28.9 Å². The van der Waals surface area contributed by atoms with E-state index in [-0.39, 0.29) is 0 Å². The molecule has 2 heterocycles. The smallest absolute Gasteiger partial charge is 0.219 e. The number of aryl methyl sites for hydroxylation is 3. The third-order valence-corrected chi connectivity index (χ3v) is 9.24. The Hall–Kier alpha value is -5.86. The van der Waals surface area contributed by atoms with Crippen LogP contribution in [0.3, 0.4) is 0 Å². The molecule has 1 fully saturated rings. The first-order valence-corrected chi connectivity index (χ1v) is 18.0. The fraction of sp³-hybridized carbons (Fsp3) is 0.244. The van der Waals surface area contributed by atoms with Crippen molar-refractivity contribution in [3.05, 3.63) is 154 Å². The predicted molar refractivity (Wildman–Crippen MR) is 211 cm³/mol. The highest BCUT2D eigenvalue weighted by molar-refractivity contribution is 5.81. The minimum absolute atomic E-state index is 0.427. The molecule has 272 valence electrons. The molecule has 0 spiro atoms. The molecule has 53 heavy (non-hydrogen) atoms. The van der Waals surface area contributed by atoms with Crippen molar-refractivity contribution in [1.82, 2.24) is 14.8 Å². The first-order chi connectivity index (χ1) is 25.9. The molecule has 1 aromatic heterocycles. The quantitative estimate of drug-likeness (QED) is 0.0789. The Morgan fingerprint density at radius 1 is 0.755 bits per heavy atom. The second kappa shape index (κ2) is 18.1. The Morgan fingerprint density at radius 2 is 1.42 bits per heavy atom. The zero-order valence-corrected chi connectivity index (χ0v) is 31.0. The molecule has 8 heteroatoms. The third-order valence-electron chi connectivity index (χ3n) is 9.24. The Balaban J connectivity index is 0.994. The van der Waals surface area contributed by atoms with Crippen molar-refractivity contribution in [2.75, 3.05) is 39.9 Å². The first kappa shape index (κ1) is 36.9. The summed E-state index contributed by atoms with van der Waals surface area (Å²) in [5, 5.41) is 0. The third kappa shape index (κ3) is 10.4. The van der Waals surface area contributed by atoms with Gasteiger partial charge in [-0.2, -0.15) is 0 Å². The summed E-state index contributed by atoms with van der Waals surface area (Å²) in [6.07, 6.45) is 8.36. The summed E-state index contributed by atoms with van der Waals surface area (Å²) >= 11 is 0. The normalized spacial score (nSPS) is 13.6. The van der Waals surface area contributed by atoms with Gasteiger partial charge in [-0.3, -0.25) is 9.69 Å². The van der Waals surface area contributed by atoms with Crippen molar-refractivity contribution in [1.29, 1.82) is 0 Å². The fourth-order valence-electron chi connectivity index (χ4n) is 6.32. The highest BCUT2D eigenvalue weighted by Gasteiger charge is 2.21. The van der Waals surface area contributed by atoms with Crippen LogP contribution in [0.25, 0.3) is 11.8 Å². The molecule has 0 saturated carbocycles. The first-order valence-electron chi connectivity index (χ1n) is 18.0. The number of nitrogens with zero attached hydrogens (tertiary/aromatic N) is 3. The molecule has 0 N–H and O–H groups in total. The van der Waals surface area contributed by atoms with Crippen LogP contribution in [0, 0.1) is 20.8 Å². The molecule has 6 rings (SSSR count). The molecule has 0 bridgehead atoms. The van der Waals surface area contributed by atoms with Gasteiger partial charge in [0.25, 0.3) is 0 Å². The predicted octanol–water partition coefficient (Wildman–Crippen LogP) is 8.84. The number of methoxy groups -OCH3 is 1. The minimum Gasteiger partial charge on any atom is -0.497 e. The van der Waals surface area contributed by atoms with E-state index in [1.165, 1.54) is 11.1 Å². The fourth-order valence-corrected chi connectivity index (χ4v) is 6.32. The summed E-state index contributed by atoms with van der Waals surface area (Å²) in [5.74, 6) is 3.57. The number of rotatable bonds is 15. The summed E-state index contributed by atoms with van der Waals surface area (Å²) in [5.41, 5.74) is 8.54. The number of aromatic nitrogens is 1. The molecule has 4 aromatic carbocycles. The van der Waals surface area contributed by atoms with Crippen molar-refractivity contribution >= 4 is 18.1 Å². The van der Waals surface area contributed by atoms with E-state index in [1.807, 2.05) is 68.5 Å². The van der Waals surface area contributed by atoms with Crippen molar-refractivity contribution in [3.63, 3.8) is 0 Å². The van der Waals surface area contributed by atoms with Gasteiger partial charge in [0.2, 0.25) is 5.88 Å². The van der Waals surface area contributed by atoms with Crippen molar-refractivity contribution in [3.8, 4) is 28.9 Å². The second-order valence-electron chi connectivity index (χ2n) is 13.2. The van der Waals surface area contributed by atoms with Gasteiger partial charge >= 0.3 is 0 Å². The van der Waals surface area contributed by atoms with Gasteiger partial charge in [0.1, 0.15) is 42.5 Å². The highest BCUT2D eigenvalue weighted by atomic mass is 16.5. The molecule has 0 aliphatic carbocycles. The number of carbonyl (C=O) groups is 1. The van der Waals surface area contributed by atoms with E-state index >= 15 is 0 Å². The molecule has 0 unspecified atom stereocenters. The van der Waals surface area contributed by atoms with Crippen molar-refractivity contribution < 1.29 is 23.7 Å². The van der Waals surface area contributed by atoms with Crippen LogP contribution in [0.15, 0.2) is 115 Å².